The zero-order valence-corrected chi connectivity index (χ0v) is 17.4. The summed E-state index contributed by atoms with van der Waals surface area (Å²) >= 11 is 3.01. The summed E-state index contributed by atoms with van der Waals surface area (Å²) in [6, 6.07) is 17.3. The molecule has 0 aliphatic heterocycles. The van der Waals surface area contributed by atoms with Gasteiger partial charge in [0.2, 0.25) is 5.13 Å². The topological polar surface area (TPSA) is 82.3 Å². The first-order chi connectivity index (χ1) is 14.3. The predicted octanol–water partition coefficient (Wildman–Crippen LogP) is 5.25. The second-order valence-electron chi connectivity index (χ2n) is 5.87. The van der Waals surface area contributed by atoms with Crippen molar-refractivity contribution in [2.75, 3.05) is 19.5 Å². The van der Waals surface area contributed by atoms with Gasteiger partial charge < -0.3 is 19.3 Å². The lowest BCUT2D eigenvalue weighted by Gasteiger charge is -2.07. The van der Waals surface area contributed by atoms with Crippen molar-refractivity contribution < 1.29 is 14.0 Å². The third-order valence-electron chi connectivity index (χ3n) is 4.03. The molecule has 0 aliphatic rings. The van der Waals surface area contributed by atoms with Gasteiger partial charge in [-0.25, -0.2) is 0 Å². The molecule has 0 radical (unpaired) electrons. The molecule has 0 spiro atoms. The van der Waals surface area contributed by atoms with Gasteiger partial charge >= 0.3 is 0 Å². The van der Waals surface area contributed by atoms with Crippen LogP contribution in [0.5, 0.6) is 11.5 Å². The molecular weight excluding hydrogens is 408 g/mol. The molecule has 0 amide bonds. The molecule has 2 heterocycles. The standard InChI is InChI=1S/C20H18N4O3S2/c1-25-17-9-5-3-7-14(17)16-11-13(27-24-16)12-28-20-23-22-19(29-20)21-15-8-4-6-10-18(15)26-2/h3-11H,12H2,1-2H3,(H,21,22). The lowest BCUT2D eigenvalue weighted by Crippen LogP contribution is -1.93. The molecule has 9 heteroatoms. The van der Waals surface area contributed by atoms with Crippen LogP contribution in [0.1, 0.15) is 5.76 Å². The molecule has 2 aromatic carbocycles. The summed E-state index contributed by atoms with van der Waals surface area (Å²) < 4.78 is 17.0. The summed E-state index contributed by atoms with van der Waals surface area (Å²) in [4.78, 5) is 0. The fourth-order valence-electron chi connectivity index (χ4n) is 2.68. The second-order valence-corrected chi connectivity index (χ2v) is 8.07. The fourth-order valence-corrected chi connectivity index (χ4v) is 4.32. The molecule has 0 fully saturated rings. The number of nitrogens with zero attached hydrogens (tertiary/aromatic N) is 3. The quantitative estimate of drug-likeness (QED) is 0.383. The molecule has 0 saturated heterocycles. The Bertz CT molecular complexity index is 1100. The Labute approximate surface area is 176 Å². The fraction of sp³-hybridized carbons (Fsp3) is 0.150. The summed E-state index contributed by atoms with van der Waals surface area (Å²) in [6.45, 7) is 0. The molecule has 148 valence electrons. The van der Waals surface area contributed by atoms with Crippen molar-refractivity contribution in [1.29, 1.82) is 0 Å². The number of nitrogens with one attached hydrogen (secondary N) is 1. The van der Waals surface area contributed by atoms with Gasteiger partial charge in [-0.05, 0) is 24.3 Å². The highest BCUT2D eigenvalue weighted by Crippen LogP contribution is 2.34. The zero-order chi connectivity index (χ0) is 20.1. The van der Waals surface area contributed by atoms with Crippen molar-refractivity contribution in [3.8, 4) is 22.8 Å². The summed E-state index contributed by atoms with van der Waals surface area (Å²) in [5.74, 6) is 2.87. The van der Waals surface area contributed by atoms with E-state index in [9.17, 15) is 0 Å². The van der Waals surface area contributed by atoms with E-state index in [1.54, 1.807) is 26.0 Å². The van der Waals surface area contributed by atoms with Crippen molar-refractivity contribution in [3.05, 3.63) is 60.4 Å². The number of ether oxygens (including phenoxy) is 2. The van der Waals surface area contributed by atoms with Crippen LogP contribution in [-0.2, 0) is 5.75 Å². The van der Waals surface area contributed by atoms with Crippen molar-refractivity contribution in [1.82, 2.24) is 15.4 Å². The first-order valence-corrected chi connectivity index (χ1v) is 10.5. The van der Waals surface area contributed by atoms with Gasteiger partial charge in [0.15, 0.2) is 4.34 Å². The normalized spacial score (nSPS) is 10.7. The van der Waals surface area contributed by atoms with Crippen molar-refractivity contribution in [2.45, 2.75) is 10.1 Å². The highest BCUT2D eigenvalue weighted by atomic mass is 32.2. The van der Waals surface area contributed by atoms with Crippen LogP contribution in [0.25, 0.3) is 11.3 Å². The van der Waals surface area contributed by atoms with Crippen LogP contribution in [0.15, 0.2) is 63.5 Å². The van der Waals surface area contributed by atoms with E-state index >= 15 is 0 Å². The number of aromatic nitrogens is 3. The number of hydrogen-bond donors (Lipinski definition) is 1. The molecule has 2 aromatic heterocycles. The van der Waals surface area contributed by atoms with Crippen LogP contribution >= 0.6 is 23.1 Å². The maximum Gasteiger partial charge on any atom is 0.210 e. The van der Waals surface area contributed by atoms with E-state index in [4.69, 9.17) is 14.0 Å². The number of benzene rings is 2. The van der Waals surface area contributed by atoms with Gasteiger partial charge in [0.25, 0.3) is 0 Å². The van der Waals surface area contributed by atoms with Crippen LogP contribution < -0.4 is 14.8 Å². The molecule has 0 unspecified atom stereocenters. The molecule has 29 heavy (non-hydrogen) atoms. The van der Waals surface area contributed by atoms with Crippen molar-refractivity contribution in [3.63, 3.8) is 0 Å². The predicted molar refractivity (Wildman–Crippen MR) is 114 cm³/mol. The molecule has 0 bridgehead atoms. The highest BCUT2D eigenvalue weighted by molar-refractivity contribution is 8.00. The Kier molecular flexibility index (Phi) is 5.97. The average Bonchev–Trinajstić information content (AvgIpc) is 3.42. The van der Waals surface area contributed by atoms with Gasteiger partial charge in [0, 0.05) is 11.6 Å². The highest BCUT2D eigenvalue weighted by Gasteiger charge is 2.13. The van der Waals surface area contributed by atoms with Crippen LogP contribution in [0.3, 0.4) is 0 Å². The molecular formula is C20H18N4O3S2. The Morgan fingerprint density at radius 3 is 2.59 bits per heavy atom. The van der Waals surface area contributed by atoms with Crippen LogP contribution in [-0.4, -0.2) is 29.6 Å². The molecule has 0 atom stereocenters. The van der Waals surface area contributed by atoms with Crippen LogP contribution in [0, 0.1) is 0 Å². The van der Waals surface area contributed by atoms with E-state index in [1.807, 2.05) is 54.6 Å². The number of para-hydroxylation sites is 3. The molecule has 0 saturated carbocycles. The zero-order valence-electron chi connectivity index (χ0n) is 15.8. The minimum atomic E-state index is 0.603. The summed E-state index contributed by atoms with van der Waals surface area (Å²) in [5, 5.41) is 16.5. The first kappa shape index (κ1) is 19.3. The Morgan fingerprint density at radius 2 is 1.76 bits per heavy atom. The maximum absolute atomic E-state index is 5.47. The minimum absolute atomic E-state index is 0.603. The number of rotatable bonds is 8. The monoisotopic (exact) mass is 426 g/mol. The van der Waals surface area contributed by atoms with Gasteiger partial charge in [-0.3, -0.25) is 0 Å². The SMILES string of the molecule is COc1ccccc1Nc1nnc(SCc2cc(-c3ccccc3OC)no2)s1. The van der Waals surface area contributed by atoms with Gasteiger partial charge in [-0.1, -0.05) is 52.5 Å². The van der Waals surface area contributed by atoms with Crippen molar-refractivity contribution in [2.24, 2.45) is 0 Å². The second kappa shape index (κ2) is 8.97. The number of thioether (sulfide) groups is 1. The number of anilines is 2. The first-order valence-electron chi connectivity index (χ1n) is 8.72. The van der Waals surface area contributed by atoms with Gasteiger partial charge in [-0.2, -0.15) is 0 Å². The van der Waals surface area contributed by atoms with Gasteiger partial charge in [-0.15, -0.1) is 10.2 Å². The lowest BCUT2D eigenvalue weighted by molar-refractivity contribution is 0.395. The Hall–Kier alpha value is -3.04. The van der Waals surface area contributed by atoms with E-state index in [2.05, 4.69) is 20.7 Å². The molecule has 7 nitrogen and oxygen atoms in total. The number of hydrogen-bond acceptors (Lipinski definition) is 9. The minimum Gasteiger partial charge on any atom is -0.496 e. The molecule has 4 aromatic rings. The average molecular weight is 427 g/mol. The summed E-state index contributed by atoms with van der Waals surface area (Å²) in [6.07, 6.45) is 0. The third-order valence-corrected chi connectivity index (χ3v) is 6.03. The summed E-state index contributed by atoms with van der Waals surface area (Å²) in [7, 11) is 3.28. The van der Waals surface area contributed by atoms with E-state index < -0.39 is 0 Å². The molecule has 1 N–H and O–H groups in total. The van der Waals surface area contributed by atoms with Crippen LogP contribution in [0.2, 0.25) is 0 Å². The number of methoxy groups -OCH3 is 2. The smallest absolute Gasteiger partial charge is 0.210 e. The third kappa shape index (κ3) is 4.52. The van der Waals surface area contributed by atoms with Crippen molar-refractivity contribution >= 4 is 33.9 Å². The van der Waals surface area contributed by atoms with Crippen LogP contribution in [0.4, 0.5) is 10.8 Å². The maximum atomic E-state index is 5.47. The molecule has 4 rings (SSSR count). The van der Waals surface area contributed by atoms with E-state index in [-0.39, 0.29) is 0 Å². The lowest BCUT2D eigenvalue weighted by atomic mass is 10.1. The van der Waals surface area contributed by atoms with E-state index in [0.717, 1.165) is 38.5 Å². The van der Waals surface area contributed by atoms with Gasteiger partial charge in [0.05, 0.1) is 25.7 Å². The Morgan fingerprint density at radius 1 is 1.00 bits per heavy atom. The largest absolute Gasteiger partial charge is 0.496 e. The summed E-state index contributed by atoms with van der Waals surface area (Å²) in [5.41, 5.74) is 2.49. The Balaban J connectivity index is 1.40. The van der Waals surface area contributed by atoms with Gasteiger partial charge in [0.1, 0.15) is 23.0 Å². The van der Waals surface area contributed by atoms with E-state index in [1.165, 1.54) is 11.3 Å². The van der Waals surface area contributed by atoms with E-state index in [0.29, 0.717) is 10.9 Å². The molecule has 0 aliphatic carbocycles.